The second kappa shape index (κ2) is 10.8. The van der Waals surface area contributed by atoms with E-state index >= 15 is 0 Å². The number of aromatic amines is 1. The van der Waals surface area contributed by atoms with Gasteiger partial charge in [-0.25, -0.2) is 0 Å². The fraction of sp³-hybridized carbons (Fsp3) is 0.531. The zero-order valence-electron chi connectivity index (χ0n) is 22.4. The minimum Gasteiger partial charge on any atom is -0.356 e. The Hall–Kier alpha value is -2.59. The quantitative estimate of drug-likeness (QED) is 0.348. The number of aromatic nitrogens is 1. The average Bonchev–Trinajstić information content (AvgIpc) is 3.56. The summed E-state index contributed by atoms with van der Waals surface area (Å²) in [6.07, 6.45) is 11.0. The molecule has 1 aromatic heterocycles. The van der Waals surface area contributed by atoms with E-state index in [9.17, 15) is 4.79 Å². The van der Waals surface area contributed by atoms with Gasteiger partial charge >= 0.3 is 0 Å². The highest BCUT2D eigenvalue weighted by molar-refractivity contribution is 5.86. The van der Waals surface area contributed by atoms with Crippen LogP contribution in [0.5, 0.6) is 0 Å². The van der Waals surface area contributed by atoms with Gasteiger partial charge in [0, 0.05) is 35.1 Å². The van der Waals surface area contributed by atoms with Gasteiger partial charge in [0.05, 0.1) is 6.04 Å². The van der Waals surface area contributed by atoms with Crippen LogP contribution in [0.1, 0.15) is 87.6 Å². The van der Waals surface area contributed by atoms with Gasteiger partial charge in [-0.15, -0.1) is 0 Å². The molecule has 2 heterocycles. The van der Waals surface area contributed by atoms with Crippen molar-refractivity contribution in [2.45, 2.75) is 82.7 Å². The van der Waals surface area contributed by atoms with Crippen molar-refractivity contribution in [1.82, 2.24) is 14.8 Å². The fourth-order valence-corrected chi connectivity index (χ4v) is 7.13. The molecule has 0 saturated heterocycles. The SMILES string of the molecule is CCC(CCC1c2[nH]c3ccccc3c2CCN1C(=O)CCC1CCCC1)(c1ccccc1)N(C)C. The number of benzene rings is 2. The fourth-order valence-electron chi connectivity index (χ4n) is 7.13. The first-order valence-corrected chi connectivity index (χ1v) is 14.2. The van der Waals surface area contributed by atoms with Crippen LogP contribution in [-0.4, -0.2) is 41.3 Å². The Bertz CT molecular complexity index is 1160. The van der Waals surface area contributed by atoms with Crippen LogP contribution < -0.4 is 0 Å². The number of hydrogen-bond donors (Lipinski definition) is 1. The number of nitrogens with one attached hydrogen (secondary N) is 1. The molecule has 2 aromatic carbocycles. The Morgan fingerprint density at radius 1 is 1.03 bits per heavy atom. The highest BCUT2D eigenvalue weighted by Gasteiger charge is 2.38. The first kappa shape index (κ1) is 25.1. The van der Waals surface area contributed by atoms with Crippen LogP contribution in [0.4, 0.5) is 0 Å². The number of hydrogen-bond acceptors (Lipinski definition) is 2. The molecule has 5 rings (SSSR count). The third-order valence-corrected chi connectivity index (χ3v) is 9.30. The summed E-state index contributed by atoms with van der Waals surface area (Å²) < 4.78 is 0. The molecule has 0 bridgehead atoms. The van der Waals surface area contributed by atoms with Gasteiger partial charge in [0.15, 0.2) is 0 Å². The molecule has 0 spiro atoms. The van der Waals surface area contributed by atoms with Gasteiger partial charge in [-0.3, -0.25) is 9.69 Å². The van der Waals surface area contributed by atoms with E-state index < -0.39 is 0 Å². The van der Waals surface area contributed by atoms with Gasteiger partial charge in [0.25, 0.3) is 0 Å². The lowest BCUT2D eigenvalue weighted by atomic mass is 9.79. The number of rotatable bonds is 9. The Labute approximate surface area is 217 Å². The molecule has 1 saturated carbocycles. The molecule has 1 amide bonds. The number of amides is 1. The lowest BCUT2D eigenvalue weighted by Crippen LogP contribution is -2.44. The largest absolute Gasteiger partial charge is 0.356 e. The Balaban J connectivity index is 1.45. The lowest BCUT2D eigenvalue weighted by Gasteiger charge is -2.43. The van der Waals surface area contributed by atoms with Gasteiger partial charge in [-0.2, -0.15) is 0 Å². The van der Waals surface area contributed by atoms with E-state index in [0.29, 0.717) is 12.3 Å². The number of carbonyl (C=O) groups is 1. The molecule has 0 radical (unpaired) electrons. The molecule has 3 aromatic rings. The van der Waals surface area contributed by atoms with Crippen molar-refractivity contribution in [3.05, 3.63) is 71.4 Å². The molecular formula is C32H43N3O. The number of carbonyl (C=O) groups excluding carboxylic acids is 1. The first-order chi connectivity index (χ1) is 17.5. The summed E-state index contributed by atoms with van der Waals surface area (Å²) in [6.45, 7) is 3.13. The summed E-state index contributed by atoms with van der Waals surface area (Å²) in [7, 11) is 4.41. The summed E-state index contributed by atoms with van der Waals surface area (Å²) in [5.41, 5.74) is 5.20. The van der Waals surface area contributed by atoms with Crippen molar-refractivity contribution in [3.63, 3.8) is 0 Å². The highest BCUT2D eigenvalue weighted by atomic mass is 16.2. The Morgan fingerprint density at radius 2 is 1.75 bits per heavy atom. The summed E-state index contributed by atoms with van der Waals surface area (Å²) in [6, 6.07) is 19.7. The minimum atomic E-state index is -0.0521. The zero-order valence-corrected chi connectivity index (χ0v) is 22.4. The molecule has 2 aliphatic rings. The maximum Gasteiger partial charge on any atom is 0.223 e. The lowest BCUT2D eigenvalue weighted by molar-refractivity contribution is -0.135. The van der Waals surface area contributed by atoms with Gasteiger partial charge in [0.2, 0.25) is 5.91 Å². The molecule has 192 valence electrons. The van der Waals surface area contributed by atoms with Gasteiger partial charge in [0.1, 0.15) is 0 Å². The minimum absolute atomic E-state index is 0.0521. The van der Waals surface area contributed by atoms with Crippen molar-refractivity contribution < 1.29 is 4.79 Å². The maximum atomic E-state index is 13.7. The summed E-state index contributed by atoms with van der Waals surface area (Å²) >= 11 is 0. The third-order valence-electron chi connectivity index (χ3n) is 9.30. The molecular weight excluding hydrogens is 442 g/mol. The molecule has 4 heteroatoms. The van der Waals surface area contributed by atoms with Crippen LogP contribution in [0.15, 0.2) is 54.6 Å². The molecule has 36 heavy (non-hydrogen) atoms. The molecule has 2 atom stereocenters. The van der Waals surface area contributed by atoms with Gasteiger partial charge < -0.3 is 9.88 Å². The van der Waals surface area contributed by atoms with Gasteiger partial charge in [-0.1, -0.05) is 81.1 Å². The van der Waals surface area contributed by atoms with Crippen molar-refractivity contribution in [3.8, 4) is 0 Å². The third kappa shape index (κ3) is 4.72. The number of fused-ring (bicyclic) bond motifs is 3. The van der Waals surface area contributed by atoms with Crippen LogP contribution in [0, 0.1) is 5.92 Å². The molecule has 2 unspecified atom stereocenters. The zero-order chi connectivity index (χ0) is 25.1. The summed E-state index contributed by atoms with van der Waals surface area (Å²) in [5, 5.41) is 1.33. The van der Waals surface area contributed by atoms with Crippen molar-refractivity contribution in [2.24, 2.45) is 5.92 Å². The van der Waals surface area contributed by atoms with Crippen molar-refractivity contribution >= 4 is 16.8 Å². The normalized spacial score (nSPS) is 20.1. The Morgan fingerprint density at radius 3 is 2.47 bits per heavy atom. The van der Waals surface area contributed by atoms with E-state index in [4.69, 9.17) is 0 Å². The van der Waals surface area contributed by atoms with Crippen molar-refractivity contribution in [2.75, 3.05) is 20.6 Å². The van der Waals surface area contributed by atoms with Crippen LogP contribution in [-0.2, 0) is 16.8 Å². The van der Waals surface area contributed by atoms with E-state index in [1.165, 1.54) is 53.4 Å². The summed E-state index contributed by atoms with van der Waals surface area (Å²) in [5.74, 6) is 1.10. The number of H-pyrrole nitrogens is 1. The standard InChI is InChI=1S/C32H43N3O/c1-4-32(34(2)3,25-14-6-5-7-15-25)22-20-29-31-27(26-16-10-11-17-28(26)33-31)21-23-35(29)30(36)19-18-24-12-8-9-13-24/h5-7,10-11,14-17,24,29,33H,4,8-9,12-13,18-23H2,1-3H3. The second-order valence-corrected chi connectivity index (χ2v) is 11.3. The molecule has 1 fully saturated rings. The van der Waals surface area contributed by atoms with E-state index in [1.807, 2.05) is 0 Å². The molecule has 4 nitrogen and oxygen atoms in total. The topological polar surface area (TPSA) is 39.3 Å². The van der Waals surface area contributed by atoms with E-state index in [0.717, 1.165) is 44.6 Å². The highest BCUT2D eigenvalue weighted by Crippen LogP contribution is 2.42. The number of para-hydroxylation sites is 1. The first-order valence-electron chi connectivity index (χ1n) is 14.2. The molecule has 1 aliphatic carbocycles. The Kier molecular flexibility index (Phi) is 7.52. The van der Waals surface area contributed by atoms with Crippen molar-refractivity contribution in [1.29, 1.82) is 0 Å². The predicted molar refractivity (Wildman–Crippen MR) is 149 cm³/mol. The van der Waals surface area contributed by atoms with Crippen LogP contribution in [0.25, 0.3) is 10.9 Å². The summed E-state index contributed by atoms with van der Waals surface area (Å²) in [4.78, 5) is 22.1. The van der Waals surface area contributed by atoms with E-state index in [2.05, 4.69) is 90.4 Å². The number of nitrogens with zero attached hydrogens (tertiary/aromatic N) is 2. The van der Waals surface area contributed by atoms with E-state index in [1.54, 1.807) is 0 Å². The van der Waals surface area contributed by atoms with E-state index in [-0.39, 0.29) is 11.6 Å². The van der Waals surface area contributed by atoms with Crippen LogP contribution >= 0.6 is 0 Å². The smallest absolute Gasteiger partial charge is 0.223 e. The van der Waals surface area contributed by atoms with Crippen LogP contribution in [0.3, 0.4) is 0 Å². The second-order valence-electron chi connectivity index (χ2n) is 11.3. The average molecular weight is 486 g/mol. The predicted octanol–water partition coefficient (Wildman–Crippen LogP) is 7.21. The molecule has 1 aliphatic heterocycles. The van der Waals surface area contributed by atoms with Gasteiger partial charge in [-0.05, 0) is 69.3 Å². The molecule has 1 N–H and O–H groups in total. The maximum absolute atomic E-state index is 13.7. The van der Waals surface area contributed by atoms with Crippen LogP contribution in [0.2, 0.25) is 0 Å². The monoisotopic (exact) mass is 485 g/mol.